The van der Waals surface area contributed by atoms with Gasteiger partial charge in [-0.15, -0.1) is 0 Å². The fraction of sp³-hybridized carbons (Fsp3) is 0.467. The Kier molecular flexibility index (Phi) is 3.33. The first kappa shape index (κ1) is 11.3. The first-order valence-electron chi connectivity index (χ1n) is 6.31. The molecule has 0 amide bonds. The van der Waals surface area contributed by atoms with Gasteiger partial charge in [-0.05, 0) is 35.4 Å². The molecule has 0 aliphatic heterocycles. The van der Waals surface area contributed by atoms with Gasteiger partial charge in [0.25, 0.3) is 0 Å². The quantitative estimate of drug-likeness (QED) is 0.704. The molecule has 0 bridgehead atoms. The molecule has 1 aromatic heterocycles. The molecule has 86 valence electrons. The van der Waals surface area contributed by atoms with Gasteiger partial charge in [0.2, 0.25) is 0 Å². The predicted molar refractivity (Wildman–Crippen MR) is 70.9 cm³/mol. The lowest BCUT2D eigenvalue weighted by Crippen LogP contribution is -1.96. The number of rotatable bonds is 4. The van der Waals surface area contributed by atoms with Crippen molar-refractivity contribution in [3.63, 3.8) is 0 Å². The Balaban J connectivity index is 2.39. The van der Waals surface area contributed by atoms with Crippen LogP contribution in [0.4, 0.5) is 0 Å². The Bertz CT molecular complexity index is 465. The molecule has 0 radical (unpaired) electrons. The average Bonchev–Trinajstić information content (AvgIpc) is 2.68. The molecule has 0 N–H and O–H groups in total. The van der Waals surface area contributed by atoms with Crippen LogP contribution in [0.2, 0.25) is 0 Å². The van der Waals surface area contributed by atoms with Crippen LogP contribution in [0.3, 0.4) is 0 Å². The van der Waals surface area contributed by atoms with Gasteiger partial charge in [0.1, 0.15) is 0 Å². The highest BCUT2D eigenvalue weighted by Crippen LogP contribution is 2.22. The fourth-order valence-electron chi connectivity index (χ4n) is 2.08. The van der Waals surface area contributed by atoms with Crippen LogP contribution >= 0.6 is 0 Å². The number of nitrogens with zero attached hydrogens (tertiary/aromatic N) is 1. The van der Waals surface area contributed by atoms with Gasteiger partial charge in [0.15, 0.2) is 0 Å². The molecular formula is C15H21N. The summed E-state index contributed by atoms with van der Waals surface area (Å²) in [6, 6.07) is 9.05. The highest BCUT2D eigenvalue weighted by molar-refractivity contribution is 5.80. The van der Waals surface area contributed by atoms with Crippen molar-refractivity contribution in [3.8, 4) is 0 Å². The molecule has 1 aromatic carbocycles. The number of benzene rings is 1. The molecule has 0 aliphatic rings. The molecule has 2 aromatic rings. The van der Waals surface area contributed by atoms with Crippen molar-refractivity contribution in [3.05, 3.63) is 36.0 Å². The van der Waals surface area contributed by atoms with Gasteiger partial charge in [-0.3, -0.25) is 0 Å². The highest BCUT2D eigenvalue weighted by Gasteiger charge is 2.04. The molecule has 16 heavy (non-hydrogen) atoms. The third-order valence-corrected chi connectivity index (χ3v) is 3.22. The van der Waals surface area contributed by atoms with Crippen LogP contribution in [0.15, 0.2) is 30.5 Å². The number of aryl methyl sites for hydroxylation is 1. The van der Waals surface area contributed by atoms with Gasteiger partial charge in [-0.2, -0.15) is 0 Å². The van der Waals surface area contributed by atoms with Crippen LogP contribution in [-0.2, 0) is 6.54 Å². The summed E-state index contributed by atoms with van der Waals surface area (Å²) in [6.45, 7) is 7.88. The molecule has 1 heteroatoms. The van der Waals surface area contributed by atoms with E-state index in [0.717, 1.165) is 6.54 Å². The van der Waals surface area contributed by atoms with E-state index in [-0.39, 0.29) is 0 Å². The van der Waals surface area contributed by atoms with Gasteiger partial charge in [-0.1, -0.05) is 39.3 Å². The minimum atomic E-state index is 0.610. The van der Waals surface area contributed by atoms with E-state index >= 15 is 0 Å². The largest absolute Gasteiger partial charge is 0.347 e. The minimum absolute atomic E-state index is 0.610. The van der Waals surface area contributed by atoms with E-state index < -0.39 is 0 Å². The maximum atomic E-state index is 2.38. The van der Waals surface area contributed by atoms with E-state index in [4.69, 9.17) is 0 Å². The van der Waals surface area contributed by atoms with Crippen molar-refractivity contribution in [2.75, 3.05) is 0 Å². The summed E-state index contributed by atoms with van der Waals surface area (Å²) in [7, 11) is 0. The summed E-state index contributed by atoms with van der Waals surface area (Å²) in [6.07, 6.45) is 4.73. The minimum Gasteiger partial charge on any atom is -0.347 e. The van der Waals surface area contributed by atoms with E-state index in [1.165, 1.54) is 29.3 Å². The number of unbranched alkanes of at least 4 members (excludes halogenated alkanes) is 1. The highest BCUT2D eigenvalue weighted by atomic mass is 14.9. The number of hydrogen-bond acceptors (Lipinski definition) is 0. The normalized spacial score (nSPS) is 11.5. The van der Waals surface area contributed by atoms with Gasteiger partial charge in [0.05, 0.1) is 0 Å². The summed E-state index contributed by atoms with van der Waals surface area (Å²) in [5.41, 5.74) is 2.82. The van der Waals surface area contributed by atoms with Crippen LogP contribution in [0.5, 0.6) is 0 Å². The van der Waals surface area contributed by atoms with Crippen LogP contribution < -0.4 is 0 Å². The van der Waals surface area contributed by atoms with Crippen LogP contribution in [0.25, 0.3) is 10.9 Å². The monoisotopic (exact) mass is 215 g/mol. The molecule has 1 nitrogen and oxygen atoms in total. The van der Waals surface area contributed by atoms with Crippen LogP contribution in [0.1, 0.15) is 45.1 Å². The second-order valence-corrected chi connectivity index (χ2v) is 4.84. The van der Waals surface area contributed by atoms with E-state index in [1.807, 2.05) is 0 Å². The third kappa shape index (κ3) is 2.13. The summed E-state index contributed by atoms with van der Waals surface area (Å²) in [5, 5.41) is 1.36. The van der Waals surface area contributed by atoms with E-state index in [1.54, 1.807) is 0 Å². The predicted octanol–water partition coefficient (Wildman–Crippen LogP) is 4.56. The first-order valence-corrected chi connectivity index (χ1v) is 6.31. The molecule has 0 spiro atoms. The molecule has 1 heterocycles. The summed E-state index contributed by atoms with van der Waals surface area (Å²) in [4.78, 5) is 0. The smallest absolute Gasteiger partial charge is 0.0483 e. The second kappa shape index (κ2) is 4.73. The second-order valence-electron chi connectivity index (χ2n) is 4.84. The first-order chi connectivity index (χ1) is 7.72. The Morgan fingerprint density at radius 1 is 1.19 bits per heavy atom. The van der Waals surface area contributed by atoms with Gasteiger partial charge < -0.3 is 4.57 Å². The van der Waals surface area contributed by atoms with Crippen molar-refractivity contribution in [2.24, 2.45) is 0 Å². The summed E-state index contributed by atoms with van der Waals surface area (Å²) < 4.78 is 2.38. The van der Waals surface area contributed by atoms with Crippen molar-refractivity contribution >= 4 is 10.9 Å². The maximum absolute atomic E-state index is 2.38. The lowest BCUT2D eigenvalue weighted by molar-refractivity contribution is 0.650. The zero-order chi connectivity index (χ0) is 11.5. The summed E-state index contributed by atoms with van der Waals surface area (Å²) >= 11 is 0. The van der Waals surface area contributed by atoms with Gasteiger partial charge in [0, 0.05) is 18.3 Å². The lowest BCUT2D eigenvalue weighted by Gasteiger charge is -2.08. The third-order valence-electron chi connectivity index (χ3n) is 3.22. The van der Waals surface area contributed by atoms with Crippen molar-refractivity contribution in [1.82, 2.24) is 4.57 Å². The molecule has 0 unspecified atom stereocenters. The van der Waals surface area contributed by atoms with Crippen molar-refractivity contribution < 1.29 is 0 Å². The Labute approximate surface area is 98.1 Å². The van der Waals surface area contributed by atoms with E-state index in [2.05, 4.69) is 55.8 Å². The van der Waals surface area contributed by atoms with Gasteiger partial charge >= 0.3 is 0 Å². The molecule has 0 saturated carbocycles. The number of aromatic nitrogens is 1. The molecule has 0 aliphatic carbocycles. The number of fused-ring (bicyclic) bond motifs is 1. The van der Waals surface area contributed by atoms with Crippen LogP contribution in [-0.4, -0.2) is 4.57 Å². The zero-order valence-corrected chi connectivity index (χ0v) is 10.5. The maximum Gasteiger partial charge on any atom is 0.0483 e. The Morgan fingerprint density at radius 2 is 2.00 bits per heavy atom. The topological polar surface area (TPSA) is 4.93 Å². The SMILES string of the molecule is CCCCn1ccc2ccc(C(C)C)cc21. The summed E-state index contributed by atoms with van der Waals surface area (Å²) in [5.74, 6) is 0.610. The molecular weight excluding hydrogens is 194 g/mol. The molecule has 0 fully saturated rings. The van der Waals surface area contributed by atoms with Gasteiger partial charge in [-0.25, -0.2) is 0 Å². The van der Waals surface area contributed by atoms with E-state index in [9.17, 15) is 0 Å². The molecule has 0 atom stereocenters. The van der Waals surface area contributed by atoms with Crippen LogP contribution in [0, 0.1) is 0 Å². The standard InChI is InChI=1S/C15H21N/c1-4-5-9-16-10-8-13-6-7-14(12(2)3)11-15(13)16/h6-8,10-12H,4-5,9H2,1-3H3. The molecule has 2 rings (SSSR count). The lowest BCUT2D eigenvalue weighted by atomic mass is 10.0. The molecule has 0 saturated heterocycles. The zero-order valence-electron chi connectivity index (χ0n) is 10.5. The fourth-order valence-corrected chi connectivity index (χ4v) is 2.08. The number of hydrogen-bond donors (Lipinski definition) is 0. The average molecular weight is 215 g/mol. The Morgan fingerprint density at radius 3 is 2.69 bits per heavy atom. The Hall–Kier alpha value is -1.24. The van der Waals surface area contributed by atoms with E-state index in [0.29, 0.717) is 5.92 Å². The van der Waals surface area contributed by atoms with Crippen molar-refractivity contribution in [2.45, 2.75) is 46.1 Å². The van der Waals surface area contributed by atoms with Crippen molar-refractivity contribution in [1.29, 1.82) is 0 Å².